The molecule has 20 heavy (non-hydrogen) atoms. The molecular weight excluding hydrogens is 284 g/mol. The Hall–Kier alpha value is -1.71. The van der Waals surface area contributed by atoms with Crippen molar-refractivity contribution in [3.8, 4) is 0 Å². The molecule has 110 valence electrons. The quantitative estimate of drug-likeness (QED) is 0.487. The minimum Gasteiger partial charge on any atom is -0.324 e. The van der Waals surface area contributed by atoms with Gasteiger partial charge >= 0.3 is 0 Å². The van der Waals surface area contributed by atoms with E-state index in [9.17, 15) is 18.5 Å². The Bertz CT molecular complexity index is 631. The predicted molar refractivity (Wildman–Crippen MR) is 73.5 cm³/mol. The number of hydrazine groups is 1. The van der Waals surface area contributed by atoms with Crippen LogP contribution in [-0.4, -0.2) is 30.2 Å². The minimum atomic E-state index is -3.87. The highest BCUT2D eigenvalue weighted by atomic mass is 32.2. The Kier molecular flexibility index (Phi) is 3.93. The number of nitrogens with one attached hydrogen (secondary N) is 1. The fourth-order valence-electron chi connectivity index (χ4n) is 2.36. The highest BCUT2D eigenvalue weighted by Gasteiger charge is 2.36. The third-order valence-corrected chi connectivity index (χ3v) is 5.46. The van der Waals surface area contributed by atoms with E-state index in [4.69, 9.17) is 5.84 Å². The van der Waals surface area contributed by atoms with Crippen LogP contribution in [-0.2, 0) is 10.0 Å². The maximum Gasteiger partial charge on any atom is 0.291 e. The number of hydrogen-bond acceptors (Lipinski definition) is 6. The number of nitro benzene ring substituents is 1. The van der Waals surface area contributed by atoms with Gasteiger partial charge in [0.2, 0.25) is 10.0 Å². The number of nitrogens with two attached hydrogens (primary N) is 1. The predicted octanol–water partition coefficient (Wildman–Crippen LogP) is 1.05. The zero-order valence-electron chi connectivity index (χ0n) is 10.9. The minimum absolute atomic E-state index is 0.146. The molecule has 1 atom stereocenters. The fourth-order valence-corrected chi connectivity index (χ4v) is 4.20. The van der Waals surface area contributed by atoms with E-state index in [0.29, 0.717) is 6.54 Å². The first-order valence-corrected chi connectivity index (χ1v) is 7.59. The summed E-state index contributed by atoms with van der Waals surface area (Å²) in [6, 6.07) is 3.59. The maximum absolute atomic E-state index is 12.5. The monoisotopic (exact) mass is 300 g/mol. The van der Waals surface area contributed by atoms with Crippen LogP contribution in [0.15, 0.2) is 23.1 Å². The molecule has 1 aliphatic rings. The average molecular weight is 300 g/mol. The van der Waals surface area contributed by atoms with Crippen LogP contribution in [0.2, 0.25) is 0 Å². The molecule has 0 saturated carbocycles. The van der Waals surface area contributed by atoms with E-state index >= 15 is 0 Å². The molecule has 0 aliphatic carbocycles. The van der Waals surface area contributed by atoms with Crippen molar-refractivity contribution >= 4 is 21.4 Å². The molecule has 1 aliphatic heterocycles. The van der Waals surface area contributed by atoms with Gasteiger partial charge in [0.25, 0.3) is 5.69 Å². The Labute approximate surface area is 116 Å². The normalized spacial score (nSPS) is 20.0. The van der Waals surface area contributed by atoms with Gasteiger partial charge in [0.05, 0.1) is 10.6 Å². The van der Waals surface area contributed by atoms with E-state index in [-0.39, 0.29) is 16.6 Å². The smallest absolute Gasteiger partial charge is 0.291 e. The first kappa shape index (κ1) is 14.7. The molecule has 9 heteroatoms. The van der Waals surface area contributed by atoms with E-state index in [1.165, 1.54) is 16.4 Å². The maximum atomic E-state index is 12.5. The molecule has 0 spiro atoms. The van der Waals surface area contributed by atoms with Crippen LogP contribution in [0.5, 0.6) is 0 Å². The van der Waals surface area contributed by atoms with E-state index in [0.717, 1.165) is 18.9 Å². The summed E-state index contributed by atoms with van der Waals surface area (Å²) in [5.74, 6) is 5.19. The van der Waals surface area contributed by atoms with Gasteiger partial charge in [0.15, 0.2) is 4.90 Å². The highest BCUT2D eigenvalue weighted by Crippen LogP contribution is 2.32. The van der Waals surface area contributed by atoms with Crippen molar-refractivity contribution in [1.82, 2.24) is 4.31 Å². The van der Waals surface area contributed by atoms with Gasteiger partial charge < -0.3 is 5.43 Å². The van der Waals surface area contributed by atoms with E-state index in [2.05, 4.69) is 5.43 Å². The van der Waals surface area contributed by atoms with Crippen molar-refractivity contribution in [3.05, 3.63) is 28.3 Å². The molecule has 1 fully saturated rings. The third kappa shape index (κ3) is 2.47. The molecule has 0 amide bonds. The summed E-state index contributed by atoms with van der Waals surface area (Å²) in [5.41, 5.74) is 2.08. The lowest BCUT2D eigenvalue weighted by molar-refractivity contribution is -0.387. The SMILES string of the molecule is CC1CCCN1S(=O)(=O)c1ccc(NN)cc1[N+](=O)[O-]. The molecule has 1 saturated heterocycles. The van der Waals surface area contributed by atoms with E-state index in [1.54, 1.807) is 6.92 Å². The Morgan fingerprint density at radius 2 is 2.20 bits per heavy atom. The largest absolute Gasteiger partial charge is 0.324 e. The van der Waals surface area contributed by atoms with Crippen molar-refractivity contribution in [2.75, 3.05) is 12.0 Å². The fraction of sp³-hybridized carbons (Fsp3) is 0.455. The highest BCUT2D eigenvalue weighted by molar-refractivity contribution is 7.89. The molecule has 1 unspecified atom stereocenters. The van der Waals surface area contributed by atoms with Gasteiger partial charge in [-0.3, -0.25) is 16.0 Å². The van der Waals surface area contributed by atoms with Crippen LogP contribution >= 0.6 is 0 Å². The number of benzene rings is 1. The number of nitrogens with zero attached hydrogens (tertiary/aromatic N) is 2. The summed E-state index contributed by atoms with van der Waals surface area (Å²) >= 11 is 0. The van der Waals surface area contributed by atoms with Crippen molar-refractivity contribution in [2.24, 2.45) is 5.84 Å². The molecule has 0 bridgehead atoms. The zero-order chi connectivity index (χ0) is 14.9. The Morgan fingerprint density at radius 3 is 2.70 bits per heavy atom. The van der Waals surface area contributed by atoms with E-state index in [1.807, 2.05) is 0 Å². The Balaban J connectivity index is 2.54. The summed E-state index contributed by atoms with van der Waals surface area (Å²) in [4.78, 5) is 10.1. The second-order valence-corrected chi connectivity index (χ2v) is 6.55. The molecule has 0 radical (unpaired) electrons. The van der Waals surface area contributed by atoms with Gasteiger partial charge in [-0.2, -0.15) is 4.31 Å². The summed E-state index contributed by atoms with van der Waals surface area (Å²) in [5, 5.41) is 11.1. The van der Waals surface area contributed by atoms with Crippen LogP contribution in [0.25, 0.3) is 0 Å². The van der Waals surface area contributed by atoms with Gasteiger partial charge in [-0.25, -0.2) is 8.42 Å². The van der Waals surface area contributed by atoms with Crippen LogP contribution in [0.1, 0.15) is 19.8 Å². The van der Waals surface area contributed by atoms with Gasteiger partial charge in [-0.15, -0.1) is 0 Å². The lowest BCUT2D eigenvalue weighted by Gasteiger charge is -2.20. The lowest BCUT2D eigenvalue weighted by atomic mass is 10.3. The number of sulfonamides is 1. The van der Waals surface area contributed by atoms with Gasteiger partial charge in [0, 0.05) is 18.7 Å². The number of anilines is 1. The molecule has 1 aromatic rings. The van der Waals surface area contributed by atoms with Gasteiger partial charge in [-0.1, -0.05) is 0 Å². The summed E-state index contributed by atoms with van der Waals surface area (Å²) in [7, 11) is -3.87. The molecule has 1 heterocycles. The number of nitro groups is 1. The summed E-state index contributed by atoms with van der Waals surface area (Å²) in [6.07, 6.45) is 1.52. The van der Waals surface area contributed by atoms with E-state index < -0.39 is 20.6 Å². The second kappa shape index (κ2) is 5.35. The number of hydrogen-bond donors (Lipinski definition) is 2. The molecule has 1 aromatic carbocycles. The summed E-state index contributed by atoms with van der Waals surface area (Å²) < 4.78 is 26.4. The second-order valence-electron chi connectivity index (χ2n) is 4.69. The molecule has 8 nitrogen and oxygen atoms in total. The standard InChI is InChI=1S/C11H16N4O4S/c1-8-3-2-6-14(8)20(18,19)11-5-4-9(13-12)7-10(11)15(16)17/h4-5,7-8,13H,2-3,6,12H2,1H3. The number of rotatable bonds is 4. The average Bonchev–Trinajstić information content (AvgIpc) is 2.84. The first-order chi connectivity index (χ1) is 9.37. The lowest BCUT2D eigenvalue weighted by Crippen LogP contribution is -2.34. The molecule has 2 rings (SSSR count). The van der Waals surface area contributed by atoms with Gasteiger partial charge in [-0.05, 0) is 31.9 Å². The first-order valence-electron chi connectivity index (χ1n) is 6.15. The van der Waals surface area contributed by atoms with Crippen LogP contribution in [0.4, 0.5) is 11.4 Å². The van der Waals surface area contributed by atoms with Crippen molar-refractivity contribution < 1.29 is 13.3 Å². The van der Waals surface area contributed by atoms with Crippen LogP contribution in [0.3, 0.4) is 0 Å². The van der Waals surface area contributed by atoms with Crippen molar-refractivity contribution in [3.63, 3.8) is 0 Å². The molecule has 0 aromatic heterocycles. The van der Waals surface area contributed by atoms with Crippen molar-refractivity contribution in [2.45, 2.75) is 30.7 Å². The van der Waals surface area contributed by atoms with Crippen LogP contribution < -0.4 is 11.3 Å². The van der Waals surface area contributed by atoms with Gasteiger partial charge in [0.1, 0.15) is 0 Å². The third-order valence-electron chi connectivity index (χ3n) is 3.40. The number of nitrogen functional groups attached to an aromatic ring is 1. The zero-order valence-corrected chi connectivity index (χ0v) is 11.8. The van der Waals surface area contributed by atoms with Crippen LogP contribution in [0, 0.1) is 10.1 Å². The Morgan fingerprint density at radius 1 is 1.50 bits per heavy atom. The van der Waals surface area contributed by atoms with Crippen molar-refractivity contribution in [1.29, 1.82) is 0 Å². The topological polar surface area (TPSA) is 119 Å². The molecule has 3 N–H and O–H groups in total. The summed E-state index contributed by atoms with van der Waals surface area (Å²) in [6.45, 7) is 2.18. The molecular formula is C11H16N4O4S.